The van der Waals surface area contributed by atoms with Crippen molar-refractivity contribution < 1.29 is 4.79 Å². The molecular formula is C23H44N4O. The molecule has 162 valence electrons. The number of nitrogens with zero attached hydrogens (tertiary/aromatic N) is 3. The minimum Gasteiger partial charge on any atom is -0.322 e. The average Bonchev–Trinajstić information content (AvgIpc) is 3.16. The summed E-state index contributed by atoms with van der Waals surface area (Å²) in [7, 11) is 0. The Labute approximate surface area is 172 Å². The first-order valence-corrected chi connectivity index (χ1v) is 11.9. The first-order chi connectivity index (χ1) is 13.8. The molecule has 0 fully saturated rings. The van der Waals surface area contributed by atoms with Gasteiger partial charge in [-0.25, -0.2) is 0 Å². The second-order valence-corrected chi connectivity index (χ2v) is 8.26. The summed E-state index contributed by atoms with van der Waals surface area (Å²) in [6.07, 6.45) is 24.6. The summed E-state index contributed by atoms with van der Waals surface area (Å²) in [6, 6.07) is -0.318. The van der Waals surface area contributed by atoms with Crippen LogP contribution in [0.1, 0.15) is 115 Å². The Hall–Kier alpha value is -1.23. The highest BCUT2D eigenvalue weighted by atomic mass is 16.1. The van der Waals surface area contributed by atoms with Crippen LogP contribution in [0.15, 0.2) is 6.20 Å². The first kappa shape index (κ1) is 24.8. The van der Waals surface area contributed by atoms with Crippen molar-refractivity contribution in [3.8, 4) is 0 Å². The van der Waals surface area contributed by atoms with Crippen LogP contribution in [0, 0.1) is 0 Å². The monoisotopic (exact) mass is 392 g/mol. The van der Waals surface area contributed by atoms with Crippen molar-refractivity contribution in [3.63, 3.8) is 0 Å². The summed E-state index contributed by atoms with van der Waals surface area (Å²) in [4.78, 5) is 10.5. The highest BCUT2D eigenvalue weighted by molar-refractivity contribution is 5.56. The lowest BCUT2D eigenvalue weighted by molar-refractivity contribution is -0.109. The van der Waals surface area contributed by atoms with Gasteiger partial charge < -0.3 is 10.5 Å². The molecule has 0 saturated carbocycles. The Balaban J connectivity index is 1.89. The third-order valence-electron chi connectivity index (χ3n) is 5.47. The summed E-state index contributed by atoms with van der Waals surface area (Å²) in [6.45, 7) is 3.14. The SMILES string of the molecule is CCCCCCCCCCCCCCCc1cn(CCCC[C@H](N)C=O)nn1. The van der Waals surface area contributed by atoms with E-state index in [0.717, 1.165) is 44.2 Å². The number of rotatable bonds is 20. The quantitative estimate of drug-likeness (QED) is 0.231. The summed E-state index contributed by atoms with van der Waals surface area (Å²) < 4.78 is 1.92. The maximum absolute atomic E-state index is 10.5. The van der Waals surface area contributed by atoms with Crippen molar-refractivity contribution in [3.05, 3.63) is 11.9 Å². The van der Waals surface area contributed by atoms with Crippen LogP contribution in [-0.2, 0) is 17.8 Å². The number of aryl methyl sites for hydroxylation is 2. The minimum absolute atomic E-state index is 0.318. The van der Waals surface area contributed by atoms with Crippen LogP contribution in [0.3, 0.4) is 0 Å². The predicted molar refractivity (Wildman–Crippen MR) is 117 cm³/mol. The van der Waals surface area contributed by atoms with Gasteiger partial charge in [0.25, 0.3) is 0 Å². The molecule has 0 aliphatic carbocycles. The number of hydrogen-bond acceptors (Lipinski definition) is 4. The van der Waals surface area contributed by atoms with Gasteiger partial charge in [0, 0.05) is 12.7 Å². The van der Waals surface area contributed by atoms with E-state index in [-0.39, 0.29) is 6.04 Å². The lowest BCUT2D eigenvalue weighted by atomic mass is 10.0. The Morgan fingerprint density at radius 1 is 0.893 bits per heavy atom. The lowest BCUT2D eigenvalue weighted by Gasteiger charge is -2.03. The standard InChI is InChI=1S/C23H44N4O/c1-2-3-4-5-6-7-8-9-10-11-12-13-14-18-23-20-27(26-25-23)19-16-15-17-22(24)21-28/h20-22H,2-19,24H2,1H3/t22-/m0/s1. The number of hydrogen-bond donors (Lipinski definition) is 1. The molecule has 0 amide bonds. The molecule has 1 aromatic rings. The van der Waals surface area contributed by atoms with E-state index in [4.69, 9.17) is 5.73 Å². The summed E-state index contributed by atoms with van der Waals surface area (Å²) in [5.74, 6) is 0. The summed E-state index contributed by atoms with van der Waals surface area (Å²) in [5.41, 5.74) is 6.70. The van der Waals surface area contributed by atoms with Crippen molar-refractivity contribution in [2.24, 2.45) is 5.73 Å². The molecule has 1 heterocycles. The van der Waals surface area contributed by atoms with Gasteiger partial charge in [-0.1, -0.05) is 89.2 Å². The Morgan fingerprint density at radius 3 is 2.04 bits per heavy atom. The van der Waals surface area contributed by atoms with Gasteiger partial charge >= 0.3 is 0 Å². The molecule has 1 aromatic heterocycles. The fourth-order valence-electron chi connectivity index (χ4n) is 3.61. The maximum Gasteiger partial charge on any atom is 0.136 e. The minimum atomic E-state index is -0.318. The summed E-state index contributed by atoms with van der Waals surface area (Å²) in [5, 5.41) is 8.47. The molecule has 28 heavy (non-hydrogen) atoms. The van der Waals surface area contributed by atoms with Gasteiger partial charge in [0.1, 0.15) is 6.29 Å². The molecule has 1 rings (SSSR count). The normalized spacial score (nSPS) is 12.4. The van der Waals surface area contributed by atoms with Crippen LogP contribution in [-0.4, -0.2) is 27.3 Å². The highest BCUT2D eigenvalue weighted by Crippen LogP contribution is 2.13. The fraction of sp³-hybridized carbons (Fsp3) is 0.870. The van der Waals surface area contributed by atoms with Gasteiger partial charge in [-0.05, 0) is 32.1 Å². The van der Waals surface area contributed by atoms with Crippen LogP contribution in [0.25, 0.3) is 0 Å². The Morgan fingerprint density at radius 2 is 1.46 bits per heavy atom. The van der Waals surface area contributed by atoms with Gasteiger partial charge in [0.2, 0.25) is 0 Å². The molecule has 5 heteroatoms. The van der Waals surface area contributed by atoms with Gasteiger partial charge in [0.15, 0.2) is 0 Å². The molecule has 1 atom stereocenters. The van der Waals surface area contributed by atoms with Gasteiger partial charge in [-0.2, -0.15) is 0 Å². The number of carbonyl (C=O) groups excluding carboxylic acids is 1. The van der Waals surface area contributed by atoms with Crippen LogP contribution >= 0.6 is 0 Å². The van der Waals surface area contributed by atoms with Gasteiger partial charge in [0.05, 0.1) is 11.7 Å². The number of aromatic nitrogens is 3. The smallest absolute Gasteiger partial charge is 0.136 e. The molecule has 0 unspecified atom stereocenters. The Bertz CT molecular complexity index is 475. The van der Waals surface area contributed by atoms with E-state index in [1.807, 2.05) is 4.68 Å². The number of nitrogens with two attached hydrogens (primary N) is 1. The van der Waals surface area contributed by atoms with Crippen molar-refractivity contribution in [2.45, 2.75) is 129 Å². The zero-order valence-electron chi connectivity index (χ0n) is 18.3. The number of carbonyl (C=O) groups is 1. The van der Waals surface area contributed by atoms with Crippen LogP contribution in [0.2, 0.25) is 0 Å². The van der Waals surface area contributed by atoms with E-state index in [2.05, 4.69) is 23.4 Å². The Kier molecular flexibility index (Phi) is 15.8. The molecule has 0 aliphatic rings. The van der Waals surface area contributed by atoms with Crippen molar-refractivity contribution >= 4 is 6.29 Å². The molecule has 0 saturated heterocycles. The zero-order chi connectivity index (χ0) is 20.3. The van der Waals surface area contributed by atoms with E-state index < -0.39 is 0 Å². The topological polar surface area (TPSA) is 73.8 Å². The summed E-state index contributed by atoms with van der Waals surface area (Å²) >= 11 is 0. The van der Waals surface area contributed by atoms with E-state index in [1.54, 1.807) is 0 Å². The molecule has 2 N–H and O–H groups in total. The fourth-order valence-corrected chi connectivity index (χ4v) is 3.61. The van der Waals surface area contributed by atoms with Crippen LogP contribution < -0.4 is 5.73 Å². The molecular weight excluding hydrogens is 348 g/mol. The van der Waals surface area contributed by atoms with E-state index in [0.29, 0.717) is 0 Å². The first-order valence-electron chi connectivity index (χ1n) is 11.9. The molecule has 0 bridgehead atoms. The molecule has 0 radical (unpaired) electrons. The maximum atomic E-state index is 10.5. The third-order valence-corrected chi connectivity index (χ3v) is 5.47. The molecule has 0 aliphatic heterocycles. The second-order valence-electron chi connectivity index (χ2n) is 8.26. The van der Waals surface area contributed by atoms with E-state index >= 15 is 0 Å². The highest BCUT2D eigenvalue weighted by Gasteiger charge is 2.03. The lowest BCUT2D eigenvalue weighted by Crippen LogP contribution is -2.21. The van der Waals surface area contributed by atoms with Crippen molar-refractivity contribution in [2.75, 3.05) is 0 Å². The van der Waals surface area contributed by atoms with Gasteiger partial charge in [-0.3, -0.25) is 4.68 Å². The third kappa shape index (κ3) is 13.9. The van der Waals surface area contributed by atoms with Crippen LogP contribution in [0.4, 0.5) is 0 Å². The molecule has 5 nitrogen and oxygen atoms in total. The van der Waals surface area contributed by atoms with Crippen molar-refractivity contribution in [1.29, 1.82) is 0 Å². The second kappa shape index (κ2) is 17.8. The predicted octanol–water partition coefficient (Wildman–Crippen LogP) is 5.61. The van der Waals surface area contributed by atoms with E-state index in [1.165, 1.54) is 83.5 Å². The number of aldehydes is 1. The zero-order valence-corrected chi connectivity index (χ0v) is 18.3. The number of unbranched alkanes of at least 4 members (excludes halogenated alkanes) is 13. The average molecular weight is 393 g/mol. The van der Waals surface area contributed by atoms with E-state index in [9.17, 15) is 4.79 Å². The van der Waals surface area contributed by atoms with Crippen LogP contribution in [0.5, 0.6) is 0 Å². The largest absolute Gasteiger partial charge is 0.322 e. The van der Waals surface area contributed by atoms with Gasteiger partial charge in [-0.15, -0.1) is 5.10 Å². The molecule has 0 spiro atoms. The van der Waals surface area contributed by atoms with Crippen molar-refractivity contribution in [1.82, 2.24) is 15.0 Å². The molecule has 0 aromatic carbocycles.